The zero-order valence-corrected chi connectivity index (χ0v) is 15.2. The molecule has 0 spiro atoms. The fraction of sp³-hybridized carbons (Fsp3) is 0.316. The first-order valence-corrected chi connectivity index (χ1v) is 8.50. The predicted octanol–water partition coefficient (Wildman–Crippen LogP) is 2.57. The lowest BCUT2D eigenvalue weighted by Gasteiger charge is -2.32. The Kier molecular flexibility index (Phi) is 3.65. The summed E-state index contributed by atoms with van der Waals surface area (Å²) < 4.78 is 14.2. The van der Waals surface area contributed by atoms with Gasteiger partial charge in [0.2, 0.25) is 5.78 Å². The van der Waals surface area contributed by atoms with Crippen molar-refractivity contribution in [1.29, 1.82) is 5.26 Å². The molecule has 0 bridgehead atoms. The van der Waals surface area contributed by atoms with E-state index in [1.807, 2.05) is 50.4 Å². The van der Waals surface area contributed by atoms with Crippen molar-refractivity contribution in [3.8, 4) is 17.3 Å². The first-order valence-electron chi connectivity index (χ1n) is 8.50. The van der Waals surface area contributed by atoms with E-state index in [9.17, 15) is 0 Å². The van der Waals surface area contributed by atoms with E-state index in [-0.39, 0.29) is 0 Å². The molecule has 130 valence electrons. The fourth-order valence-corrected chi connectivity index (χ4v) is 2.92. The molecular formula is C19H19BN4O2. The molecule has 0 unspecified atom stereocenters. The summed E-state index contributed by atoms with van der Waals surface area (Å²) in [4.78, 5) is 8.81. The Bertz CT molecular complexity index is 1000. The second-order valence-corrected chi connectivity index (χ2v) is 7.48. The number of hydrogen-bond acceptors (Lipinski definition) is 5. The summed E-state index contributed by atoms with van der Waals surface area (Å²) in [6, 6.07) is 9.53. The normalized spacial score (nSPS) is 18.2. The molecule has 0 N–H and O–H groups in total. The largest absolute Gasteiger partial charge is 0.497 e. The Morgan fingerprint density at radius 3 is 2.23 bits per heavy atom. The van der Waals surface area contributed by atoms with Gasteiger partial charge >= 0.3 is 7.12 Å². The molecule has 0 atom stereocenters. The van der Waals surface area contributed by atoms with Gasteiger partial charge in [0.05, 0.1) is 34.7 Å². The van der Waals surface area contributed by atoms with Gasteiger partial charge in [-0.05, 0) is 39.8 Å². The number of nitriles is 1. The zero-order chi connectivity index (χ0) is 18.5. The predicted molar refractivity (Wildman–Crippen MR) is 98.9 cm³/mol. The molecule has 7 heteroatoms. The Balaban J connectivity index is 1.75. The van der Waals surface area contributed by atoms with Gasteiger partial charge in [-0.2, -0.15) is 5.26 Å². The molecule has 1 saturated heterocycles. The van der Waals surface area contributed by atoms with Crippen LogP contribution in [0.3, 0.4) is 0 Å². The third-order valence-corrected chi connectivity index (χ3v) is 5.22. The molecule has 0 saturated carbocycles. The molecule has 3 aromatic rings. The van der Waals surface area contributed by atoms with Gasteiger partial charge in [0.1, 0.15) is 0 Å². The van der Waals surface area contributed by atoms with Crippen molar-refractivity contribution in [1.82, 2.24) is 14.4 Å². The standard InChI is InChI=1S/C19H19BN4O2/c1-18(2)19(3,4)26-20(25-18)15-10-22-17-23-11-16(24(17)12-15)14-7-5-13(9-21)6-8-14/h5-8,10-12H,1-4H3. The van der Waals surface area contributed by atoms with Gasteiger partial charge in [-0.1, -0.05) is 12.1 Å². The average Bonchev–Trinajstić information content (AvgIpc) is 3.12. The highest BCUT2D eigenvalue weighted by Gasteiger charge is 2.52. The van der Waals surface area contributed by atoms with Gasteiger partial charge in [-0.15, -0.1) is 0 Å². The Morgan fingerprint density at radius 2 is 1.62 bits per heavy atom. The van der Waals surface area contributed by atoms with Crippen LogP contribution >= 0.6 is 0 Å². The van der Waals surface area contributed by atoms with E-state index in [1.165, 1.54) is 0 Å². The van der Waals surface area contributed by atoms with E-state index in [0.717, 1.165) is 16.7 Å². The summed E-state index contributed by atoms with van der Waals surface area (Å²) in [5, 5.41) is 8.97. The van der Waals surface area contributed by atoms with E-state index < -0.39 is 18.3 Å². The quantitative estimate of drug-likeness (QED) is 0.667. The summed E-state index contributed by atoms with van der Waals surface area (Å²) in [5.41, 5.74) is 2.51. The van der Waals surface area contributed by atoms with Gasteiger partial charge < -0.3 is 9.31 Å². The summed E-state index contributed by atoms with van der Waals surface area (Å²) in [6.07, 6.45) is 5.47. The first-order chi connectivity index (χ1) is 12.3. The molecule has 0 aliphatic carbocycles. The van der Waals surface area contributed by atoms with Crippen LogP contribution in [0.2, 0.25) is 0 Å². The van der Waals surface area contributed by atoms with Crippen LogP contribution in [0.1, 0.15) is 33.3 Å². The maximum Gasteiger partial charge on any atom is 0.497 e. The van der Waals surface area contributed by atoms with Crippen LogP contribution in [0.15, 0.2) is 42.9 Å². The minimum atomic E-state index is -0.479. The van der Waals surface area contributed by atoms with Gasteiger partial charge in [0.15, 0.2) is 0 Å². The van der Waals surface area contributed by atoms with Gasteiger partial charge in [0.25, 0.3) is 0 Å². The van der Waals surface area contributed by atoms with Crippen LogP contribution in [0.5, 0.6) is 0 Å². The van der Waals surface area contributed by atoms with Crippen molar-refractivity contribution in [2.75, 3.05) is 0 Å². The number of rotatable bonds is 2. The lowest BCUT2D eigenvalue weighted by atomic mass is 9.81. The van der Waals surface area contributed by atoms with Gasteiger partial charge in [0, 0.05) is 23.4 Å². The molecule has 6 nitrogen and oxygen atoms in total. The Labute approximate surface area is 152 Å². The van der Waals surface area contributed by atoms with Crippen LogP contribution in [0.25, 0.3) is 17.0 Å². The average molecular weight is 346 g/mol. The highest BCUT2D eigenvalue weighted by atomic mass is 16.7. The molecule has 0 amide bonds. The van der Waals surface area contributed by atoms with E-state index in [4.69, 9.17) is 14.6 Å². The van der Waals surface area contributed by atoms with Crippen LogP contribution in [-0.2, 0) is 9.31 Å². The third kappa shape index (κ3) is 2.59. The summed E-state index contributed by atoms with van der Waals surface area (Å²) >= 11 is 0. The summed E-state index contributed by atoms with van der Waals surface area (Å²) in [5.74, 6) is 0.602. The number of fused-ring (bicyclic) bond motifs is 1. The van der Waals surface area contributed by atoms with Crippen LogP contribution < -0.4 is 5.46 Å². The smallest absolute Gasteiger partial charge is 0.399 e. The van der Waals surface area contributed by atoms with Crippen molar-refractivity contribution in [3.05, 3.63) is 48.4 Å². The van der Waals surface area contributed by atoms with Crippen molar-refractivity contribution in [3.63, 3.8) is 0 Å². The molecule has 26 heavy (non-hydrogen) atoms. The van der Waals surface area contributed by atoms with E-state index in [0.29, 0.717) is 11.3 Å². The van der Waals surface area contributed by atoms with E-state index >= 15 is 0 Å². The van der Waals surface area contributed by atoms with Crippen LogP contribution in [-0.4, -0.2) is 32.7 Å². The maximum atomic E-state index is 8.97. The van der Waals surface area contributed by atoms with Gasteiger partial charge in [-0.3, -0.25) is 4.40 Å². The number of aromatic nitrogens is 3. The van der Waals surface area contributed by atoms with Gasteiger partial charge in [-0.25, -0.2) is 9.97 Å². The molecular weight excluding hydrogens is 327 g/mol. The highest BCUT2D eigenvalue weighted by Crippen LogP contribution is 2.36. The second-order valence-electron chi connectivity index (χ2n) is 7.48. The maximum absolute atomic E-state index is 8.97. The minimum absolute atomic E-state index is 0.405. The van der Waals surface area contributed by atoms with Crippen molar-refractivity contribution >= 4 is 18.4 Å². The zero-order valence-electron chi connectivity index (χ0n) is 15.2. The molecule has 4 rings (SSSR count). The number of imidazole rings is 1. The molecule has 2 aromatic heterocycles. The molecule has 1 aromatic carbocycles. The lowest BCUT2D eigenvalue weighted by Crippen LogP contribution is -2.41. The lowest BCUT2D eigenvalue weighted by molar-refractivity contribution is 0.00578. The van der Waals surface area contributed by atoms with E-state index in [1.54, 1.807) is 24.5 Å². The van der Waals surface area contributed by atoms with Crippen LogP contribution in [0, 0.1) is 11.3 Å². The Hall–Kier alpha value is -2.69. The molecule has 1 aliphatic rings. The monoisotopic (exact) mass is 346 g/mol. The van der Waals surface area contributed by atoms with E-state index in [2.05, 4.69) is 16.0 Å². The Morgan fingerprint density at radius 1 is 1.00 bits per heavy atom. The fourth-order valence-electron chi connectivity index (χ4n) is 2.92. The SMILES string of the molecule is CC1(C)OB(c2cnc3ncc(-c4ccc(C#N)cc4)n3c2)OC1(C)C. The number of benzene rings is 1. The minimum Gasteiger partial charge on any atom is -0.399 e. The highest BCUT2D eigenvalue weighted by molar-refractivity contribution is 6.61. The molecule has 0 radical (unpaired) electrons. The third-order valence-electron chi connectivity index (χ3n) is 5.22. The molecule has 1 fully saturated rings. The summed E-state index contributed by atoms with van der Waals surface area (Å²) in [7, 11) is -0.479. The van der Waals surface area contributed by atoms with Crippen molar-refractivity contribution in [2.45, 2.75) is 38.9 Å². The molecule has 1 aliphatic heterocycles. The van der Waals surface area contributed by atoms with Crippen LogP contribution in [0.4, 0.5) is 0 Å². The first kappa shape index (κ1) is 16.8. The summed E-state index contributed by atoms with van der Waals surface area (Å²) in [6.45, 7) is 8.10. The topological polar surface area (TPSA) is 72.4 Å². The van der Waals surface area contributed by atoms with Crippen molar-refractivity contribution < 1.29 is 9.31 Å². The second kappa shape index (κ2) is 5.66. The molecule has 3 heterocycles. The number of hydrogen-bond donors (Lipinski definition) is 0. The van der Waals surface area contributed by atoms with Crippen molar-refractivity contribution in [2.24, 2.45) is 0 Å². The number of nitrogens with zero attached hydrogens (tertiary/aromatic N) is 4.